The Labute approximate surface area is 75.4 Å². The summed E-state index contributed by atoms with van der Waals surface area (Å²) in [6.45, 7) is 2.36. The van der Waals surface area contributed by atoms with Crippen molar-refractivity contribution in [3.63, 3.8) is 0 Å². The van der Waals surface area contributed by atoms with E-state index in [2.05, 4.69) is 19.1 Å². The van der Waals surface area contributed by atoms with Crippen LogP contribution in [0.15, 0.2) is 23.3 Å². The second-order valence-corrected chi connectivity index (χ2v) is 4.23. The maximum atomic E-state index is 2.48. The molecular formula is C12H18. The van der Waals surface area contributed by atoms with E-state index in [9.17, 15) is 0 Å². The van der Waals surface area contributed by atoms with Gasteiger partial charge in [-0.2, -0.15) is 0 Å². The molecule has 2 aliphatic carbocycles. The fraction of sp³-hybridized carbons (Fsp3) is 0.667. The van der Waals surface area contributed by atoms with Crippen LogP contribution in [0, 0.1) is 5.92 Å². The van der Waals surface area contributed by atoms with Gasteiger partial charge in [0.1, 0.15) is 0 Å². The van der Waals surface area contributed by atoms with Crippen LogP contribution in [0.4, 0.5) is 0 Å². The van der Waals surface area contributed by atoms with Gasteiger partial charge in [0, 0.05) is 0 Å². The van der Waals surface area contributed by atoms with Crippen LogP contribution in [0.1, 0.15) is 45.4 Å². The van der Waals surface area contributed by atoms with Crippen LogP contribution in [0.2, 0.25) is 0 Å². The quantitative estimate of drug-likeness (QED) is 0.549. The number of allylic oxidation sites excluding steroid dienone is 4. The van der Waals surface area contributed by atoms with E-state index in [1.807, 2.05) is 0 Å². The predicted octanol–water partition coefficient (Wildman–Crippen LogP) is 3.84. The third-order valence-electron chi connectivity index (χ3n) is 3.13. The zero-order valence-corrected chi connectivity index (χ0v) is 7.97. The SMILES string of the molecule is CC1CC=C(C2=CCCC2)CC1. The Morgan fingerprint density at radius 2 is 2.00 bits per heavy atom. The van der Waals surface area contributed by atoms with Crippen LogP contribution in [0.25, 0.3) is 0 Å². The molecule has 2 rings (SSSR count). The molecule has 0 nitrogen and oxygen atoms in total. The second kappa shape index (κ2) is 3.47. The minimum atomic E-state index is 0.927. The molecule has 0 radical (unpaired) electrons. The average Bonchev–Trinajstić information content (AvgIpc) is 2.58. The molecule has 1 unspecified atom stereocenters. The second-order valence-electron chi connectivity index (χ2n) is 4.23. The Balaban J connectivity index is 2.04. The summed E-state index contributed by atoms with van der Waals surface area (Å²) in [5.74, 6) is 0.927. The highest BCUT2D eigenvalue weighted by atomic mass is 14.2. The minimum Gasteiger partial charge on any atom is -0.0810 e. The van der Waals surface area contributed by atoms with Crippen molar-refractivity contribution in [2.24, 2.45) is 5.92 Å². The first-order valence-electron chi connectivity index (χ1n) is 5.24. The first kappa shape index (κ1) is 8.10. The highest BCUT2D eigenvalue weighted by Crippen LogP contribution is 2.32. The Morgan fingerprint density at radius 1 is 1.17 bits per heavy atom. The fourth-order valence-electron chi connectivity index (χ4n) is 2.22. The van der Waals surface area contributed by atoms with Crippen molar-refractivity contribution in [2.45, 2.75) is 45.4 Å². The highest BCUT2D eigenvalue weighted by Gasteiger charge is 2.14. The van der Waals surface area contributed by atoms with Crippen molar-refractivity contribution in [3.05, 3.63) is 23.3 Å². The lowest BCUT2D eigenvalue weighted by Crippen LogP contribution is -2.02. The third-order valence-corrected chi connectivity index (χ3v) is 3.13. The van der Waals surface area contributed by atoms with Crippen molar-refractivity contribution in [1.82, 2.24) is 0 Å². The normalized spacial score (nSPS) is 29.9. The molecule has 2 aliphatic rings. The van der Waals surface area contributed by atoms with Crippen molar-refractivity contribution in [3.8, 4) is 0 Å². The lowest BCUT2D eigenvalue weighted by atomic mass is 9.87. The maximum absolute atomic E-state index is 2.48. The summed E-state index contributed by atoms with van der Waals surface area (Å²) < 4.78 is 0. The molecule has 0 aromatic carbocycles. The molecule has 0 heteroatoms. The van der Waals surface area contributed by atoms with Crippen molar-refractivity contribution in [2.75, 3.05) is 0 Å². The standard InChI is InChI=1S/C12H18/c1-10-6-8-12(9-7-10)11-4-2-3-5-11/h4,8,10H,2-3,5-7,9H2,1H3. The zero-order chi connectivity index (χ0) is 8.39. The Kier molecular flexibility index (Phi) is 2.34. The lowest BCUT2D eigenvalue weighted by molar-refractivity contribution is 0.515. The molecule has 0 spiro atoms. The molecule has 66 valence electrons. The minimum absolute atomic E-state index is 0.927. The van der Waals surface area contributed by atoms with Gasteiger partial charge in [-0.05, 0) is 55.6 Å². The van der Waals surface area contributed by atoms with E-state index in [0.29, 0.717) is 0 Å². The molecular weight excluding hydrogens is 144 g/mol. The van der Waals surface area contributed by atoms with E-state index in [1.54, 1.807) is 11.1 Å². The molecule has 0 saturated heterocycles. The van der Waals surface area contributed by atoms with Gasteiger partial charge in [0.25, 0.3) is 0 Å². The van der Waals surface area contributed by atoms with E-state index >= 15 is 0 Å². The Morgan fingerprint density at radius 3 is 2.58 bits per heavy atom. The van der Waals surface area contributed by atoms with Gasteiger partial charge in [0.2, 0.25) is 0 Å². The summed E-state index contributed by atoms with van der Waals surface area (Å²) in [4.78, 5) is 0. The van der Waals surface area contributed by atoms with Gasteiger partial charge in [-0.25, -0.2) is 0 Å². The first-order valence-corrected chi connectivity index (χ1v) is 5.24. The van der Waals surface area contributed by atoms with Crippen LogP contribution in [0.5, 0.6) is 0 Å². The molecule has 0 heterocycles. The van der Waals surface area contributed by atoms with Crippen LogP contribution in [-0.4, -0.2) is 0 Å². The predicted molar refractivity (Wildman–Crippen MR) is 53.0 cm³/mol. The fourth-order valence-corrected chi connectivity index (χ4v) is 2.22. The average molecular weight is 162 g/mol. The van der Waals surface area contributed by atoms with Gasteiger partial charge >= 0.3 is 0 Å². The molecule has 0 bridgehead atoms. The summed E-state index contributed by atoms with van der Waals surface area (Å²) in [6, 6.07) is 0. The molecule has 0 amide bonds. The number of rotatable bonds is 1. The van der Waals surface area contributed by atoms with Crippen LogP contribution in [-0.2, 0) is 0 Å². The van der Waals surface area contributed by atoms with E-state index in [-0.39, 0.29) is 0 Å². The Hall–Kier alpha value is -0.520. The summed E-state index contributed by atoms with van der Waals surface area (Å²) in [5.41, 5.74) is 3.34. The van der Waals surface area contributed by atoms with Gasteiger partial charge < -0.3 is 0 Å². The smallest absolute Gasteiger partial charge is 0.0276 e. The van der Waals surface area contributed by atoms with E-state index in [0.717, 1.165) is 5.92 Å². The van der Waals surface area contributed by atoms with Crippen LogP contribution >= 0.6 is 0 Å². The zero-order valence-electron chi connectivity index (χ0n) is 7.97. The molecule has 0 N–H and O–H groups in total. The van der Waals surface area contributed by atoms with E-state index in [1.165, 1.54) is 38.5 Å². The van der Waals surface area contributed by atoms with Gasteiger partial charge in [-0.3, -0.25) is 0 Å². The van der Waals surface area contributed by atoms with E-state index < -0.39 is 0 Å². The number of hydrogen-bond acceptors (Lipinski definition) is 0. The van der Waals surface area contributed by atoms with Crippen LogP contribution < -0.4 is 0 Å². The largest absolute Gasteiger partial charge is 0.0810 e. The summed E-state index contributed by atoms with van der Waals surface area (Å²) in [6.07, 6.45) is 13.0. The molecule has 0 aliphatic heterocycles. The third kappa shape index (κ3) is 1.63. The lowest BCUT2D eigenvalue weighted by Gasteiger charge is -2.18. The summed E-state index contributed by atoms with van der Waals surface area (Å²) >= 11 is 0. The van der Waals surface area contributed by atoms with Gasteiger partial charge in [-0.15, -0.1) is 0 Å². The molecule has 0 aromatic rings. The Bertz CT molecular complexity index is 220. The van der Waals surface area contributed by atoms with Crippen LogP contribution in [0.3, 0.4) is 0 Å². The van der Waals surface area contributed by atoms with Gasteiger partial charge in [0.05, 0.1) is 0 Å². The molecule has 0 saturated carbocycles. The maximum Gasteiger partial charge on any atom is -0.0276 e. The van der Waals surface area contributed by atoms with Gasteiger partial charge in [0.15, 0.2) is 0 Å². The van der Waals surface area contributed by atoms with Crippen molar-refractivity contribution in [1.29, 1.82) is 0 Å². The topological polar surface area (TPSA) is 0 Å². The monoisotopic (exact) mass is 162 g/mol. The van der Waals surface area contributed by atoms with Gasteiger partial charge in [-0.1, -0.05) is 19.1 Å². The number of hydrogen-bond donors (Lipinski definition) is 0. The van der Waals surface area contributed by atoms with E-state index in [4.69, 9.17) is 0 Å². The molecule has 0 fully saturated rings. The molecule has 0 aromatic heterocycles. The molecule has 12 heavy (non-hydrogen) atoms. The highest BCUT2D eigenvalue weighted by molar-refractivity contribution is 5.34. The molecule has 1 atom stereocenters. The van der Waals surface area contributed by atoms with Crippen molar-refractivity contribution >= 4 is 0 Å². The summed E-state index contributed by atoms with van der Waals surface area (Å²) in [7, 11) is 0. The van der Waals surface area contributed by atoms with Crippen molar-refractivity contribution < 1.29 is 0 Å². The summed E-state index contributed by atoms with van der Waals surface area (Å²) in [5, 5.41) is 0. The first-order chi connectivity index (χ1) is 5.86.